The van der Waals surface area contributed by atoms with Gasteiger partial charge in [-0.05, 0) is 56.0 Å². The van der Waals surface area contributed by atoms with Crippen molar-refractivity contribution in [3.63, 3.8) is 0 Å². The summed E-state index contributed by atoms with van der Waals surface area (Å²) in [7, 11) is -3.25. The molecule has 2 unspecified atom stereocenters. The van der Waals surface area contributed by atoms with Gasteiger partial charge in [-0.25, -0.2) is 8.42 Å². The number of anilines is 1. The van der Waals surface area contributed by atoms with Gasteiger partial charge < -0.3 is 10.2 Å². The molecule has 0 aliphatic carbocycles. The standard InChI is InChI=1S/C17H23N3O3S/c1-24(22,23)19-9-7-12-10-13(2-5-16(12)19)17(21)20-14-3-4-15(20)11-18-8-6-14/h2,5,10,14-15,18H,3-4,6-9,11H2,1H3. The summed E-state index contributed by atoms with van der Waals surface area (Å²) in [4.78, 5) is 15.1. The van der Waals surface area contributed by atoms with Gasteiger partial charge in [-0.15, -0.1) is 0 Å². The molecule has 1 aromatic carbocycles. The third-order valence-electron chi connectivity index (χ3n) is 5.47. The van der Waals surface area contributed by atoms with Crippen LogP contribution in [0.5, 0.6) is 0 Å². The number of carbonyl (C=O) groups excluding carboxylic acids is 1. The van der Waals surface area contributed by atoms with E-state index in [0.29, 0.717) is 24.6 Å². The number of amides is 1. The maximum absolute atomic E-state index is 13.1. The summed E-state index contributed by atoms with van der Waals surface area (Å²) in [6.07, 6.45) is 5.05. The third kappa shape index (κ3) is 2.59. The van der Waals surface area contributed by atoms with Crippen molar-refractivity contribution >= 4 is 21.6 Å². The van der Waals surface area contributed by atoms with Gasteiger partial charge in [-0.2, -0.15) is 0 Å². The van der Waals surface area contributed by atoms with Gasteiger partial charge in [0.15, 0.2) is 0 Å². The summed E-state index contributed by atoms with van der Waals surface area (Å²) in [5, 5.41) is 3.41. The second-order valence-corrected chi connectivity index (χ2v) is 8.93. The summed E-state index contributed by atoms with van der Waals surface area (Å²) in [5.41, 5.74) is 2.35. The van der Waals surface area contributed by atoms with Crippen LogP contribution in [-0.4, -0.2) is 57.2 Å². The minimum Gasteiger partial charge on any atom is -0.331 e. The van der Waals surface area contributed by atoms with Gasteiger partial charge in [-0.1, -0.05) is 0 Å². The van der Waals surface area contributed by atoms with Crippen molar-refractivity contribution < 1.29 is 13.2 Å². The molecule has 130 valence electrons. The lowest BCUT2D eigenvalue weighted by molar-refractivity contribution is 0.0680. The minimum absolute atomic E-state index is 0.0896. The van der Waals surface area contributed by atoms with E-state index in [1.165, 1.54) is 10.6 Å². The molecule has 1 aromatic rings. The van der Waals surface area contributed by atoms with E-state index in [0.717, 1.165) is 43.6 Å². The van der Waals surface area contributed by atoms with Crippen LogP contribution in [0.3, 0.4) is 0 Å². The summed E-state index contributed by atoms with van der Waals surface area (Å²) in [6, 6.07) is 6.07. The predicted molar refractivity (Wildman–Crippen MR) is 92.8 cm³/mol. The van der Waals surface area contributed by atoms with Crippen LogP contribution in [0.25, 0.3) is 0 Å². The van der Waals surface area contributed by atoms with E-state index < -0.39 is 10.0 Å². The Morgan fingerprint density at radius 3 is 2.79 bits per heavy atom. The Kier molecular flexibility index (Phi) is 3.80. The monoisotopic (exact) mass is 349 g/mol. The lowest BCUT2D eigenvalue weighted by Gasteiger charge is -2.28. The molecule has 2 atom stereocenters. The topological polar surface area (TPSA) is 69.7 Å². The van der Waals surface area contributed by atoms with E-state index in [1.807, 2.05) is 6.07 Å². The number of nitrogens with one attached hydrogen (secondary N) is 1. The normalized spacial score (nSPS) is 26.4. The van der Waals surface area contributed by atoms with Gasteiger partial charge in [0.25, 0.3) is 5.91 Å². The number of fused-ring (bicyclic) bond motifs is 3. The molecule has 1 N–H and O–H groups in total. The highest BCUT2D eigenvalue weighted by Gasteiger charge is 2.38. The van der Waals surface area contributed by atoms with E-state index in [-0.39, 0.29) is 11.9 Å². The van der Waals surface area contributed by atoms with Gasteiger partial charge in [-0.3, -0.25) is 9.10 Å². The Morgan fingerprint density at radius 1 is 1.21 bits per heavy atom. The van der Waals surface area contributed by atoms with Crippen LogP contribution in [0.2, 0.25) is 0 Å². The fourth-order valence-electron chi connectivity index (χ4n) is 4.31. The molecular formula is C17H23N3O3S. The van der Waals surface area contributed by atoms with E-state index in [9.17, 15) is 13.2 Å². The molecule has 6 nitrogen and oxygen atoms in total. The first-order valence-corrected chi connectivity index (χ1v) is 10.4. The van der Waals surface area contributed by atoms with Gasteiger partial charge in [0, 0.05) is 30.7 Å². The van der Waals surface area contributed by atoms with Crippen LogP contribution in [-0.2, 0) is 16.4 Å². The van der Waals surface area contributed by atoms with Crippen molar-refractivity contribution in [1.82, 2.24) is 10.2 Å². The third-order valence-corrected chi connectivity index (χ3v) is 6.65. The number of rotatable bonds is 2. The predicted octanol–water partition coefficient (Wildman–Crippen LogP) is 0.975. The molecular weight excluding hydrogens is 326 g/mol. The maximum atomic E-state index is 13.1. The van der Waals surface area contributed by atoms with E-state index in [4.69, 9.17) is 0 Å². The fraction of sp³-hybridized carbons (Fsp3) is 0.588. The Hall–Kier alpha value is -1.60. The van der Waals surface area contributed by atoms with Crippen molar-refractivity contribution in [3.8, 4) is 0 Å². The Balaban J connectivity index is 1.63. The molecule has 0 spiro atoms. The first-order chi connectivity index (χ1) is 11.4. The highest BCUT2D eigenvalue weighted by molar-refractivity contribution is 7.92. The lowest BCUT2D eigenvalue weighted by Crippen LogP contribution is -2.42. The minimum atomic E-state index is -3.25. The van der Waals surface area contributed by atoms with Crippen LogP contribution < -0.4 is 9.62 Å². The fourth-order valence-corrected chi connectivity index (χ4v) is 5.27. The number of hydrogen-bond acceptors (Lipinski definition) is 4. The number of hydrogen-bond donors (Lipinski definition) is 1. The zero-order chi connectivity index (χ0) is 16.9. The Bertz CT molecular complexity index is 763. The van der Waals surface area contributed by atoms with Crippen molar-refractivity contribution in [2.75, 3.05) is 30.2 Å². The van der Waals surface area contributed by atoms with Gasteiger partial charge in [0.2, 0.25) is 10.0 Å². The van der Waals surface area contributed by atoms with E-state index >= 15 is 0 Å². The Morgan fingerprint density at radius 2 is 2.00 bits per heavy atom. The maximum Gasteiger partial charge on any atom is 0.254 e. The summed E-state index contributed by atoms with van der Waals surface area (Å²) in [6.45, 7) is 2.30. The zero-order valence-electron chi connectivity index (χ0n) is 13.9. The molecule has 2 bridgehead atoms. The van der Waals surface area contributed by atoms with Crippen LogP contribution in [0.1, 0.15) is 35.2 Å². The molecule has 1 amide bonds. The average Bonchev–Trinajstić information content (AvgIpc) is 3.05. The van der Waals surface area contributed by atoms with Crippen LogP contribution in [0, 0.1) is 0 Å². The number of sulfonamides is 1. The molecule has 3 aliphatic rings. The molecule has 0 radical (unpaired) electrons. The molecule has 24 heavy (non-hydrogen) atoms. The SMILES string of the molecule is CS(=O)(=O)N1CCc2cc(C(=O)N3C4CCNCC3CC4)ccc21. The lowest BCUT2D eigenvalue weighted by atomic mass is 10.1. The Labute approximate surface area is 142 Å². The quantitative estimate of drug-likeness (QED) is 0.864. The van der Waals surface area contributed by atoms with Crippen molar-refractivity contribution in [1.29, 1.82) is 0 Å². The molecule has 2 fully saturated rings. The molecule has 0 aromatic heterocycles. The molecule has 3 heterocycles. The van der Waals surface area contributed by atoms with Gasteiger partial charge in [0.05, 0.1) is 11.9 Å². The van der Waals surface area contributed by atoms with Gasteiger partial charge >= 0.3 is 0 Å². The first kappa shape index (κ1) is 15.9. The highest BCUT2D eigenvalue weighted by Crippen LogP contribution is 2.33. The molecule has 7 heteroatoms. The van der Waals surface area contributed by atoms with E-state index in [2.05, 4.69) is 10.2 Å². The molecule has 3 aliphatic heterocycles. The zero-order valence-corrected chi connectivity index (χ0v) is 14.7. The van der Waals surface area contributed by atoms with Gasteiger partial charge in [0.1, 0.15) is 0 Å². The second-order valence-electron chi connectivity index (χ2n) is 7.02. The van der Waals surface area contributed by atoms with E-state index in [1.54, 1.807) is 12.1 Å². The average molecular weight is 349 g/mol. The van der Waals surface area contributed by atoms with Crippen molar-refractivity contribution in [2.45, 2.75) is 37.8 Å². The second kappa shape index (κ2) is 5.74. The smallest absolute Gasteiger partial charge is 0.254 e. The molecule has 2 saturated heterocycles. The number of nitrogens with zero attached hydrogens (tertiary/aromatic N) is 2. The van der Waals surface area contributed by atoms with Crippen molar-refractivity contribution in [2.24, 2.45) is 0 Å². The largest absolute Gasteiger partial charge is 0.331 e. The molecule has 4 rings (SSSR count). The molecule has 0 saturated carbocycles. The number of benzene rings is 1. The highest BCUT2D eigenvalue weighted by atomic mass is 32.2. The van der Waals surface area contributed by atoms with Crippen LogP contribution >= 0.6 is 0 Å². The summed E-state index contributed by atoms with van der Waals surface area (Å²) in [5.74, 6) is 0.0896. The first-order valence-electron chi connectivity index (χ1n) is 8.59. The number of carbonyl (C=O) groups is 1. The van der Waals surface area contributed by atoms with Crippen LogP contribution in [0.15, 0.2) is 18.2 Å². The summed E-state index contributed by atoms with van der Waals surface area (Å²) < 4.78 is 25.1. The van der Waals surface area contributed by atoms with Crippen molar-refractivity contribution in [3.05, 3.63) is 29.3 Å². The summed E-state index contributed by atoms with van der Waals surface area (Å²) >= 11 is 0. The van der Waals surface area contributed by atoms with Crippen LogP contribution in [0.4, 0.5) is 5.69 Å².